The fraction of sp³-hybridized carbons (Fsp3) is 0.111. The first-order valence-corrected chi connectivity index (χ1v) is 3.75. The summed E-state index contributed by atoms with van der Waals surface area (Å²) in [5, 5.41) is 8.64. The van der Waals surface area contributed by atoms with E-state index >= 15 is 0 Å². The Balaban J connectivity index is 2.84. The van der Waals surface area contributed by atoms with Crippen LogP contribution >= 0.6 is 0 Å². The predicted octanol–water partition coefficient (Wildman–Crippen LogP) is 1.32. The fourth-order valence-corrected chi connectivity index (χ4v) is 0.836. The molecule has 1 aromatic rings. The molecule has 0 aliphatic heterocycles. The van der Waals surface area contributed by atoms with Crippen molar-refractivity contribution >= 4 is 11.9 Å². The number of furan rings is 1. The zero-order valence-electron chi connectivity index (χ0n) is 7.23. The van der Waals surface area contributed by atoms with E-state index in [4.69, 9.17) is 9.52 Å². The second-order valence-electron chi connectivity index (χ2n) is 2.36. The highest BCUT2D eigenvalue weighted by Gasteiger charge is 2.21. The first-order chi connectivity index (χ1) is 6.66. The Morgan fingerprint density at radius 3 is 2.93 bits per heavy atom. The van der Waals surface area contributed by atoms with Gasteiger partial charge < -0.3 is 14.3 Å². The molecule has 0 spiro atoms. The molecule has 0 fully saturated rings. The molecular weight excluding hydrogens is 188 g/mol. The number of carboxylic acids is 1. The molecule has 1 heterocycles. The molecule has 5 nitrogen and oxygen atoms in total. The van der Waals surface area contributed by atoms with Gasteiger partial charge in [0.25, 0.3) is 0 Å². The summed E-state index contributed by atoms with van der Waals surface area (Å²) in [7, 11) is 0. The third-order valence-corrected chi connectivity index (χ3v) is 1.41. The lowest BCUT2D eigenvalue weighted by atomic mass is 10.2. The summed E-state index contributed by atoms with van der Waals surface area (Å²) in [6.45, 7) is 3.36. The van der Waals surface area contributed by atoms with Gasteiger partial charge in [0, 0.05) is 0 Å². The van der Waals surface area contributed by atoms with Crippen molar-refractivity contribution in [2.75, 3.05) is 6.61 Å². The van der Waals surface area contributed by atoms with Gasteiger partial charge >= 0.3 is 11.9 Å². The Bertz CT molecular complexity index is 363. The number of aromatic carboxylic acids is 1. The Morgan fingerprint density at radius 2 is 2.36 bits per heavy atom. The van der Waals surface area contributed by atoms with Crippen LogP contribution in [0, 0.1) is 0 Å². The second kappa shape index (κ2) is 4.27. The van der Waals surface area contributed by atoms with E-state index in [-0.39, 0.29) is 17.9 Å². The minimum atomic E-state index is -1.23. The van der Waals surface area contributed by atoms with Gasteiger partial charge in [-0.05, 0) is 6.07 Å². The monoisotopic (exact) mass is 196 g/mol. The van der Waals surface area contributed by atoms with Gasteiger partial charge in [-0.15, -0.1) is 0 Å². The third-order valence-electron chi connectivity index (χ3n) is 1.41. The lowest BCUT2D eigenvalue weighted by Crippen LogP contribution is -2.09. The van der Waals surface area contributed by atoms with E-state index < -0.39 is 11.9 Å². The van der Waals surface area contributed by atoms with Crippen molar-refractivity contribution in [3.8, 4) is 0 Å². The highest BCUT2D eigenvalue weighted by molar-refractivity contribution is 6.00. The first kappa shape index (κ1) is 10.0. The fourth-order valence-electron chi connectivity index (χ4n) is 0.836. The molecule has 1 rings (SSSR count). The van der Waals surface area contributed by atoms with E-state index in [1.807, 2.05) is 0 Å². The number of hydrogen-bond donors (Lipinski definition) is 1. The highest BCUT2D eigenvalue weighted by atomic mass is 16.5. The standard InChI is InChI=1S/C9H8O5/c1-2-4-14-9(12)7-6(8(10)11)3-5-13-7/h2-3,5H,1,4H2,(H,10,11). The molecule has 0 bridgehead atoms. The number of carbonyl (C=O) groups excluding carboxylic acids is 1. The molecule has 1 aromatic heterocycles. The zero-order chi connectivity index (χ0) is 10.6. The quantitative estimate of drug-likeness (QED) is 0.580. The summed E-state index contributed by atoms with van der Waals surface area (Å²) in [6, 6.07) is 1.19. The van der Waals surface area contributed by atoms with Gasteiger partial charge in [-0.3, -0.25) is 0 Å². The van der Waals surface area contributed by atoms with Gasteiger partial charge in [-0.1, -0.05) is 12.7 Å². The molecule has 0 saturated carbocycles. The maximum Gasteiger partial charge on any atom is 0.375 e. The highest BCUT2D eigenvalue weighted by Crippen LogP contribution is 2.11. The van der Waals surface area contributed by atoms with Gasteiger partial charge in [0.1, 0.15) is 12.2 Å². The van der Waals surface area contributed by atoms with Crippen LogP contribution in [0.3, 0.4) is 0 Å². The molecule has 0 radical (unpaired) electrons. The number of carbonyl (C=O) groups is 2. The normalized spacial score (nSPS) is 9.43. The van der Waals surface area contributed by atoms with Gasteiger partial charge in [-0.2, -0.15) is 0 Å². The van der Waals surface area contributed by atoms with Crippen molar-refractivity contribution in [2.24, 2.45) is 0 Å². The number of carboxylic acid groups (broad SMARTS) is 1. The van der Waals surface area contributed by atoms with Crippen molar-refractivity contribution in [1.82, 2.24) is 0 Å². The van der Waals surface area contributed by atoms with Crippen LogP contribution in [0.25, 0.3) is 0 Å². The van der Waals surface area contributed by atoms with E-state index in [9.17, 15) is 9.59 Å². The van der Waals surface area contributed by atoms with Crippen molar-refractivity contribution in [3.05, 3.63) is 36.3 Å². The van der Waals surface area contributed by atoms with Crippen molar-refractivity contribution in [3.63, 3.8) is 0 Å². The summed E-state index contributed by atoms with van der Waals surface area (Å²) in [5.41, 5.74) is -0.209. The number of hydrogen-bond acceptors (Lipinski definition) is 4. The Hall–Kier alpha value is -2.04. The van der Waals surface area contributed by atoms with Gasteiger partial charge in [0.05, 0.1) is 6.26 Å². The molecule has 1 N–H and O–H groups in total. The van der Waals surface area contributed by atoms with Crippen LogP contribution in [0.4, 0.5) is 0 Å². The molecule has 5 heteroatoms. The van der Waals surface area contributed by atoms with E-state index in [1.54, 1.807) is 0 Å². The average Bonchev–Trinajstić information content (AvgIpc) is 2.62. The summed E-state index contributed by atoms with van der Waals surface area (Å²) in [6.07, 6.45) is 2.50. The van der Waals surface area contributed by atoms with Crippen LogP contribution in [0.1, 0.15) is 20.9 Å². The molecule has 14 heavy (non-hydrogen) atoms. The average molecular weight is 196 g/mol. The van der Waals surface area contributed by atoms with Crippen LogP contribution < -0.4 is 0 Å². The molecule has 0 aromatic carbocycles. The zero-order valence-corrected chi connectivity index (χ0v) is 7.23. The van der Waals surface area contributed by atoms with Crippen LogP contribution in [0.15, 0.2) is 29.4 Å². The second-order valence-corrected chi connectivity index (χ2v) is 2.36. The van der Waals surface area contributed by atoms with E-state index in [2.05, 4.69) is 11.3 Å². The third kappa shape index (κ3) is 2.01. The summed E-state index contributed by atoms with van der Waals surface area (Å²) in [5.74, 6) is -2.35. The smallest absolute Gasteiger partial charge is 0.375 e. The van der Waals surface area contributed by atoms with Gasteiger partial charge in [0.2, 0.25) is 5.76 Å². The topological polar surface area (TPSA) is 76.7 Å². The number of esters is 1. The van der Waals surface area contributed by atoms with Gasteiger partial charge in [0.15, 0.2) is 0 Å². The van der Waals surface area contributed by atoms with Crippen molar-refractivity contribution < 1.29 is 23.8 Å². The number of rotatable bonds is 4. The summed E-state index contributed by atoms with van der Waals surface area (Å²) in [4.78, 5) is 21.7. The maximum atomic E-state index is 11.2. The molecule has 0 saturated heterocycles. The van der Waals surface area contributed by atoms with Crippen molar-refractivity contribution in [1.29, 1.82) is 0 Å². The Labute approximate surface area is 79.6 Å². The van der Waals surface area contributed by atoms with E-state index in [0.717, 1.165) is 6.26 Å². The Kier molecular flexibility index (Phi) is 3.06. The van der Waals surface area contributed by atoms with Gasteiger partial charge in [-0.25, -0.2) is 9.59 Å². The van der Waals surface area contributed by atoms with Crippen LogP contribution in [0.5, 0.6) is 0 Å². The lowest BCUT2D eigenvalue weighted by Gasteiger charge is -1.98. The van der Waals surface area contributed by atoms with E-state index in [0.29, 0.717) is 0 Å². The number of ether oxygens (including phenoxy) is 1. The molecule has 0 aliphatic rings. The van der Waals surface area contributed by atoms with Crippen molar-refractivity contribution in [2.45, 2.75) is 0 Å². The molecule has 0 amide bonds. The SMILES string of the molecule is C=CCOC(=O)c1occc1C(=O)O. The first-order valence-electron chi connectivity index (χ1n) is 3.75. The molecule has 0 aliphatic carbocycles. The molecule has 0 unspecified atom stereocenters. The minimum Gasteiger partial charge on any atom is -0.478 e. The molecule has 0 atom stereocenters. The van der Waals surface area contributed by atoms with Crippen LogP contribution in [0.2, 0.25) is 0 Å². The van der Waals surface area contributed by atoms with E-state index in [1.165, 1.54) is 12.1 Å². The Morgan fingerprint density at radius 1 is 1.64 bits per heavy atom. The molecular formula is C9H8O5. The van der Waals surface area contributed by atoms with Crippen LogP contribution in [-0.4, -0.2) is 23.7 Å². The molecule has 74 valence electrons. The predicted molar refractivity (Wildman–Crippen MR) is 46.1 cm³/mol. The summed E-state index contributed by atoms with van der Waals surface area (Å²) >= 11 is 0. The lowest BCUT2D eigenvalue weighted by molar-refractivity contribution is 0.0500. The van der Waals surface area contributed by atoms with Crippen LogP contribution in [-0.2, 0) is 4.74 Å². The minimum absolute atomic E-state index is 0.0125. The summed E-state index contributed by atoms with van der Waals surface area (Å²) < 4.78 is 9.31. The largest absolute Gasteiger partial charge is 0.478 e. The maximum absolute atomic E-state index is 11.2.